The highest BCUT2D eigenvalue weighted by atomic mass is 79.9. The van der Waals surface area contributed by atoms with Crippen LogP contribution in [0.4, 0.5) is 0 Å². The monoisotopic (exact) mass is 295 g/mol. The molecule has 0 aromatic rings. The van der Waals surface area contributed by atoms with Crippen molar-refractivity contribution in [1.82, 2.24) is 5.32 Å². The molecule has 0 bridgehead atoms. The van der Waals surface area contributed by atoms with E-state index in [1.165, 1.54) is 0 Å². The number of rotatable bonds is 9. The van der Waals surface area contributed by atoms with Crippen molar-refractivity contribution in [1.29, 1.82) is 0 Å². The number of amides is 1. The van der Waals surface area contributed by atoms with Gasteiger partial charge in [0.25, 0.3) is 0 Å². The van der Waals surface area contributed by atoms with Gasteiger partial charge in [0.15, 0.2) is 0 Å². The van der Waals surface area contributed by atoms with Crippen LogP contribution in [0.1, 0.15) is 19.8 Å². The Morgan fingerprint density at radius 1 is 1.25 bits per heavy atom. The molecule has 1 N–H and O–H groups in total. The molecule has 0 aromatic heterocycles. The fourth-order valence-corrected chi connectivity index (χ4v) is 1.18. The first kappa shape index (κ1) is 15.4. The van der Waals surface area contributed by atoms with Crippen molar-refractivity contribution in [2.24, 2.45) is 0 Å². The molecule has 0 rings (SSSR count). The molecule has 94 valence electrons. The summed E-state index contributed by atoms with van der Waals surface area (Å²) in [5.74, 6) is -0.405. The molecule has 5 nitrogen and oxygen atoms in total. The smallest absolute Gasteiger partial charge is 0.307 e. The maximum atomic E-state index is 11.2. The van der Waals surface area contributed by atoms with Crippen LogP contribution in [-0.2, 0) is 19.1 Å². The summed E-state index contributed by atoms with van der Waals surface area (Å²) < 4.78 is 9.84. The first-order chi connectivity index (χ1) is 7.70. The maximum absolute atomic E-state index is 11.2. The van der Waals surface area contributed by atoms with E-state index in [0.717, 1.165) is 5.33 Å². The Balaban J connectivity index is 3.33. The second-order valence-electron chi connectivity index (χ2n) is 2.96. The maximum Gasteiger partial charge on any atom is 0.307 e. The van der Waals surface area contributed by atoms with Crippen LogP contribution in [0.15, 0.2) is 0 Å². The van der Waals surface area contributed by atoms with Gasteiger partial charge in [-0.05, 0) is 6.92 Å². The highest BCUT2D eigenvalue weighted by Crippen LogP contribution is 1.88. The van der Waals surface area contributed by atoms with Gasteiger partial charge in [0, 0.05) is 18.3 Å². The van der Waals surface area contributed by atoms with Gasteiger partial charge >= 0.3 is 5.97 Å². The van der Waals surface area contributed by atoms with Gasteiger partial charge in [-0.1, -0.05) is 15.9 Å². The minimum atomic E-state index is -0.293. The molecule has 0 saturated carbocycles. The first-order valence-electron chi connectivity index (χ1n) is 5.26. The van der Waals surface area contributed by atoms with Crippen LogP contribution in [0.25, 0.3) is 0 Å². The van der Waals surface area contributed by atoms with Crippen LogP contribution in [0.5, 0.6) is 0 Å². The molecule has 1 amide bonds. The van der Waals surface area contributed by atoms with E-state index < -0.39 is 0 Å². The van der Waals surface area contributed by atoms with E-state index in [1.807, 2.05) is 0 Å². The second-order valence-corrected chi connectivity index (χ2v) is 3.75. The van der Waals surface area contributed by atoms with E-state index in [-0.39, 0.29) is 18.3 Å². The Morgan fingerprint density at radius 3 is 2.62 bits per heavy atom. The molecule has 0 fully saturated rings. The van der Waals surface area contributed by atoms with Crippen molar-refractivity contribution >= 4 is 27.8 Å². The van der Waals surface area contributed by atoms with Crippen molar-refractivity contribution in [2.45, 2.75) is 19.8 Å². The van der Waals surface area contributed by atoms with E-state index in [9.17, 15) is 9.59 Å². The van der Waals surface area contributed by atoms with E-state index in [2.05, 4.69) is 21.2 Å². The highest BCUT2D eigenvalue weighted by Gasteiger charge is 2.04. The second kappa shape index (κ2) is 10.9. The molecule has 0 aliphatic carbocycles. The molecule has 0 aromatic carbocycles. The van der Waals surface area contributed by atoms with Crippen molar-refractivity contribution in [3.8, 4) is 0 Å². The average molecular weight is 296 g/mol. The molecular formula is C10H18BrNO4. The number of carbonyl (C=O) groups is 2. The number of hydrogen-bond donors (Lipinski definition) is 1. The molecule has 0 unspecified atom stereocenters. The molecule has 0 radical (unpaired) electrons. The third kappa shape index (κ3) is 9.92. The standard InChI is InChI=1S/C10H18BrNO4/c1-2-16-10(14)3-6-12-9(13)4-7-15-8-5-11/h2-8H2,1H3,(H,12,13). The third-order valence-electron chi connectivity index (χ3n) is 1.65. The number of halogens is 1. The SMILES string of the molecule is CCOC(=O)CCNC(=O)CCOCCBr. The van der Waals surface area contributed by atoms with Gasteiger partial charge in [-0.25, -0.2) is 0 Å². The normalized spacial score (nSPS) is 9.88. The summed E-state index contributed by atoms with van der Waals surface area (Å²) in [4.78, 5) is 22.1. The summed E-state index contributed by atoms with van der Waals surface area (Å²) in [5, 5.41) is 3.38. The lowest BCUT2D eigenvalue weighted by atomic mass is 10.4. The number of esters is 1. The molecule has 0 atom stereocenters. The zero-order chi connectivity index (χ0) is 12.2. The van der Waals surface area contributed by atoms with Gasteiger partial charge in [0.05, 0.1) is 26.2 Å². The number of ether oxygens (including phenoxy) is 2. The van der Waals surface area contributed by atoms with Crippen molar-refractivity contribution < 1.29 is 19.1 Å². The van der Waals surface area contributed by atoms with Gasteiger partial charge in [0.2, 0.25) is 5.91 Å². The van der Waals surface area contributed by atoms with Crippen LogP contribution in [0.2, 0.25) is 0 Å². The zero-order valence-electron chi connectivity index (χ0n) is 9.46. The van der Waals surface area contributed by atoms with Crippen LogP contribution in [-0.4, -0.2) is 43.6 Å². The molecule has 0 spiro atoms. The number of hydrogen-bond acceptors (Lipinski definition) is 4. The van der Waals surface area contributed by atoms with Gasteiger partial charge in [-0.15, -0.1) is 0 Å². The minimum absolute atomic E-state index is 0.112. The van der Waals surface area contributed by atoms with Gasteiger partial charge in [-0.2, -0.15) is 0 Å². The van der Waals surface area contributed by atoms with E-state index in [0.29, 0.717) is 32.8 Å². The molecule has 0 aliphatic rings. The summed E-state index contributed by atoms with van der Waals surface area (Å²) in [6, 6.07) is 0. The molecule has 0 aliphatic heterocycles. The fourth-order valence-electron chi connectivity index (χ4n) is 0.947. The zero-order valence-corrected chi connectivity index (χ0v) is 11.0. The van der Waals surface area contributed by atoms with Crippen molar-refractivity contribution in [3.05, 3.63) is 0 Å². The number of carbonyl (C=O) groups excluding carboxylic acids is 2. The Labute approximate surface area is 104 Å². The fraction of sp³-hybridized carbons (Fsp3) is 0.800. The summed E-state index contributed by atoms with van der Waals surface area (Å²) in [5.41, 5.74) is 0. The summed E-state index contributed by atoms with van der Waals surface area (Å²) in [6.07, 6.45) is 0.525. The van der Waals surface area contributed by atoms with E-state index >= 15 is 0 Å². The Hall–Kier alpha value is -0.620. The Morgan fingerprint density at radius 2 is 2.00 bits per heavy atom. The molecule has 16 heavy (non-hydrogen) atoms. The predicted molar refractivity (Wildman–Crippen MR) is 63.5 cm³/mol. The summed E-state index contributed by atoms with van der Waals surface area (Å²) >= 11 is 3.21. The van der Waals surface area contributed by atoms with Gasteiger partial charge in [-0.3, -0.25) is 9.59 Å². The summed E-state index contributed by atoms with van der Waals surface area (Å²) in [6.45, 7) is 3.42. The van der Waals surface area contributed by atoms with Crippen molar-refractivity contribution in [3.63, 3.8) is 0 Å². The van der Waals surface area contributed by atoms with Gasteiger partial charge < -0.3 is 14.8 Å². The van der Waals surface area contributed by atoms with E-state index in [1.54, 1.807) is 6.92 Å². The lowest BCUT2D eigenvalue weighted by molar-refractivity contribution is -0.143. The van der Waals surface area contributed by atoms with Crippen LogP contribution >= 0.6 is 15.9 Å². The lowest BCUT2D eigenvalue weighted by Crippen LogP contribution is -2.27. The minimum Gasteiger partial charge on any atom is -0.466 e. The predicted octanol–water partition coefficient (Wildman–Crippen LogP) is 0.857. The average Bonchev–Trinajstić information content (AvgIpc) is 2.25. The van der Waals surface area contributed by atoms with E-state index in [4.69, 9.17) is 9.47 Å². The largest absolute Gasteiger partial charge is 0.466 e. The van der Waals surface area contributed by atoms with Crippen LogP contribution < -0.4 is 5.32 Å². The van der Waals surface area contributed by atoms with Gasteiger partial charge in [0.1, 0.15) is 0 Å². The summed E-state index contributed by atoms with van der Waals surface area (Å²) in [7, 11) is 0. The number of nitrogens with one attached hydrogen (secondary N) is 1. The third-order valence-corrected chi connectivity index (χ3v) is 1.98. The van der Waals surface area contributed by atoms with Crippen LogP contribution in [0.3, 0.4) is 0 Å². The molecule has 0 heterocycles. The highest BCUT2D eigenvalue weighted by molar-refractivity contribution is 9.09. The first-order valence-corrected chi connectivity index (χ1v) is 6.38. The number of alkyl halides is 1. The Bertz CT molecular complexity index is 211. The molecular weight excluding hydrogens is 278 g/mol. The topological polar surface area (TPSA) is 64.6 Å². The lowest BCUT2D eigenvalue weighted by Gasteiger charge is -2.05. The quantitative estimate of drug-likeness (QED) is 0.389. The molecule has 6 heteroatoms. The Kier molecular flexibility index (Phi) is 10.5. The van der Waals surface area contributed by atoms with Crippen molar-refractivity contribution in [2.75, 3.05) is 31.7 Å². The van der Waals surface area contributed by atoms with Crippen LogP contribution in [0, 0.1) is 0 Å². The molecule has 0 saturated heterocycles.